The second-order valence-electron chi connectivity index (χ2n) is 2.85. The van der Waals surface area contributed by atoms with Gasteiger partial charge < -0.3 is 16.3 Å². The third-order valence-electron chi connectivity index (χ3n) is 1.58. The highest BCUT2D eigenvalue weighted by Crippen LogP contribution is 2.13. The quantitative estimate of drug-likeness (QED) is 0.299. The molecule has 4 N–H and O–H groups in total. The van der Waals surface area contributed by atoms with Crippen LogP contribution in [0, 0.1) is 0 Å². The first-order valence-corrected chi connectivity index (χ1v) is 4.92. The lowest BCUT2D eigenvalue weighted by molar-refractivity contribution is 0.316. The molecule has 0 bridgehead atoms. The summed E-state index contributed by atoms with van der Waals surface area (Å²) in [5.74, 6) is 0.246. The molecule has 0 aliphatic carbocycles. The van der Waals surface area contributed by atoms with Gasteiger partial charge >= 0.3 is 0 Å². The first-order chi connectivity index (χ1) is 6.22. The summed E-state index contributed by atoms with van der Waals surface area (Å²) in [6.07, 6.45) is 0.534. The Morgan fingerprint density at radius 3 is 3.15 bits per heavy atom. The number of rotatable bonds is 4. The highest BCUT2D eigenvalue weighted by molar-refractivity contribution is 7.08. The fourth-order valence-corrected chi connectivity index (χ4v) is 1.63. The summed E-state index contributed by atoms with van der Waals surface area (Å²) < 4.78 is 0. The fourth-order valence-electron chi connectivity index (χ4n) is 1.04. The Kier molecular flexibility index (Phi) is 3.57. The number of thiophene rings is 1. The zero-order valence-electron chi connectivity index (χ0n) is 7.40. The maximum absolute atomic E-state index is 8.35. The van der Waals surface area contributed by atoms with Gasteiger partial charge in [0.15, 0.2) is 0 Å². The van der Waals surface area contributed by atoms with Crippen LogP contribution in [0.4, 0.5) is 5.69 Å². The van der Waals surface area contributed by atoms with Crippen molar-refractivity contribution in [2.75, 3.05) is 5.32 Å². The van der Waals surface area contributed by atoms with Gasteiger partial charge in [-0.3, -0.25) is 0 Å². The van der Waals surface area contributed by atoms with Gasteiger partial charge in [-0.25, -0.2) is 0 Å². The van der Waals surface area contributed by atoms with Gasteiger partial charge in [-0.2, -0.15) is 11.3 Å². The van der Waals surface area contributed by atoms with Crippen molar-refractivity contribution in [2.45, 2.75) is 19.4 Å². The van der Waals surface area contributed by atoms with E-state index < -0.39 is 0 Å². The molecular formula is C8H13N3OS. The molecule has 0 saturated carbocycles. The first kappa shape index (κ1) is 9.85. The summed E-state index contributed by atoms with van der Waals surface area (Å²) in [6.45, 7) is 1.98. The molecule has 13 heavy (non-hydrogen) atoms. The van der Waals surface area contributed by atoms with Gasteiger partial charge in [0.05, 0.1) is 0 Å². The summed E-state index contributed by atoms with van der Waals surface area (Å²) >= 11 is 1.63. The molecule has 1 atom stereocenters. The molecule has 0 fully saturated rings. The minimum Gasteiger partial charge on any atom is -0.409 e. The Morgan fingerprint density at radius 2 is 2.62 bits per heavy atom. The van der Waals surface area contributed by atoms with Crippen molar-refractivity contribution in [3.05, 3.63) is 16.8 Å². The smallest absolute Gasteiger partial charge is 0.141 e. The van der Waals surface area contributed by atoms with Crippen LogP contribution in [0.25, 0.3) is 0 Å². The van der Waals surface area contributed by atoms with E-state index in [0.29, 0.717) is 6.42 Å². The van der Waals surface area contributed by atoms with E-state index in [9.17, 15) is 0 Å². The van der Waals surface area contributed by atoms with Crippen molar-refractivity contribution < 1.29 is 5.21 Å². The molecule has 1 aromatic heterocycles. The van der Waals surface area contributed by atoms with Crippen molar-refractivity contribution in [3.8, 4) is 0 Å². The Morgan fingerprint density at radius 1 is 1.85 bits per heavy atom. The van der Waals surface area contributed by atoms with E-state index in [1.165, 1.54) is 0 Å². The van der Waals surface area contributed by atoms with Crippen molar-refractivity contribution in [1.29, 1.82) is 0 Å². The molecule has 1 heterocycles. The van der Waals surface area contributed by atoms with Crippen LogP contribution >= 0.6 is 11.3 Å². The van der Waals surface area contributed by atoms with Crippen molar-refractivity contribution in [2.24, 2.45) is 10.9 Å². The molecule has 4 nitrogen and oxygen atoms in total. The predicted molar refractivity (Wildman–Crippen MR) is 55.4 cm³/mol. The van der Waals surface area contributed by atoms with E-state index in [0.717, 1.165) is 5.69 Å². The SMILES string of the molecule is CC(CC(N)=NO)Nc1ccsc1. The van der Waals surface area contributed by atoms with Crippen LogP contribution < -0.4 is 11.1 Å². The monoisotopic (exact) mass is 199 g/mol. The molecular weight excluding hydrogens is 186 g/mol. The Bertz CT molecular complexity index is 271. The second kappa shape index (κ2) is 4.71. The van der Waals surface area contributed by atoms with Crippen LogP contribution in [0.1, 0.15) is 13.3 Å². The van der Waals surface area contributed by atoms with Gasteiger partial charge in [0.1, 0.15) is 5.84 Å². The molecule has 72 valence electrons. The van der Waals surface area contributed by atoms with Crippen LogP contribution in [-0.2, 0) is 0 Å². The van der Waals surface area contributed by atoms with Crippen LogP contribution in [0.2, 0.25) is 0 Å². The number of amidine groups is 1. The molecule has 0 aromatic carbocycles. The molecule has 0 saturated heterocycles. The van der Waals surface area contributed by atoms with Crippen molar-refractivity contribution in [3.63, 3.8) is 0 Å². The Hall–Kier alpha value is -1.23. The molecule has 1 aromatic rings. The molecule has 5 heteroatoms. The van der Waals surface area contributed by atoms with Crippen LogP contribution in [0.3, 0.4) is 0 Å². The zero-order chi connectivity index (χ0) is 9.68. The number of oxime groups is 1. The van der Waals surface area contributed by atoms with Crippen LogP contribution in [0.15, 0.2) is 22.0 Å². The minimum absolute atomic E-state index is 0.172. The topological polar surface area (TPSA) is 70.6 Å². The highest BCUT2D eigenvalue weighted by Gasteiger charge is 2.04. The maximum Gasteiger partial charge on any atom is 0.141 e. The van der Waals surface area contributed by atoms with E-state index in [2.05, 4.69) is 10.5 Å². The third kappa shape index (κ3) is 3.33. The molecule has 0 aliphatic rings. The third-order valence-corrected chi connectivity index (χ3v) is 2.26. The van der Waals surface area contributed by atoms with Crippen LogP contribution in [-0.4, -0.2) is 17.1 Å². The minimum atomic E-state index is 0.172. The molecule has 0 radical (unpaired) electrons. The van der Waals surface area contributed by atoms with Gasteiger partial charge in [0.25, 0.3) is 0 Å². The Balaban J connectivity index is 2.38. The summed E-state index contributed by atoms with van der Waals surface area (Å²) in [7, 11) is 0. The summed E-state index contributed by atoms with van der Waals surface area (Å²) in [5.41, 5.74) is 6.44. The number of nitrogens with zero attached hydrogens (tertiary/aromatic N) is 1. The lowest BCUT2D eigenvalue weighted by Gasteiger charge is -2.12. The fraction of sp³-hybridized carbons (Fsp3) is 0.375. The molecule has 1 rings (SSSR count). The number of nitrogens with two attached hydrogens (primary N) is 1. The second-order valence-corrected chi connectivity index (χ2v) is 3.63. The van der Waals surface area contributed by atoms with E-state index in [4.69, 9.17) is 10.9 Å². The highest BCUT2D eigenvalue weighted by atomic mass is 32.1. The number of nitrogens with one attached hydrogen (secondary N) is 1. The predicted octanol–water partition coefficient (Wildman–Crippen LogP) is 1.68. The van der Waals surface area contributed by atoms with Crippen molar-refractivity contribution in [1.82, 2.24) is 0 Å². The molecule has 0 aliphatic heterocycles. The van der Waals surface area contributed by atoms with E-state index in [-0.39, 0.29) is 11.9 Å². The number of hydrogen-bond acceptors (Lipinski definition) is 4. The molecule has 0 spiro atoms. The van der Waals surface area contributed by atoms with E-state index >= 15 is 0 Å². The average Bonchev–Trinajstić information content (AvgIpc) is 2.56. The van der Waals surface area contributed by atoms with Gasteiger partial charge in [-0.15, -0.1) is 0 Å². The molecule has 0 amide bonds. The normalized spacial score (nSPS) is 14.1. The summed E-state index contributed by atoms with van der Waals surface area (Å²) in [4.78, 5) is 0. The van der Waals surface area contributed by atoms with E-state index in [1.54, 1.807) is 11.3 Å². The lowest BCUT2D eigenvalue weighted by atomic mass is 10.2. The average molecular weight is 199 g/mol. The Labute approximate surface area is 81.1 Å². The van der Waals surface area contributed by atoms with Crippen LogP contribution in [0.5, 0.6) is 0 Å². The largest absolute Gasteiger partial charge is 0.409 e. The van der Waals surface area contributed by atoms with E-state index in [1.807, 2.05) is 23.8 Å². The maximum atomic E-state index is 8.35. The van der Waals surface area contributed by atoms with Gasteiger partial charge in [0, 0.05) is 23.5 Å². The lowest BCUT2D eigenvalue weighted by Crippen LogP contribution is -2.24. The number of anilines is 1. The standard InChI is InChI=1S/C8H13N3OS/c1-6(4-8(9)11-12)10-7-2-3-13-5-7/h2-3,5-6,10,12H,4H2,1H3,(H2,9,11). The summed E-state index contributed by atoms with van der Waals surface area (Å²) in [5, 5.41) is 18.5. The summed E-state index contributed by atoms with van der Waals surface area (Å²) in [6, 6.07) is 2.17. The number of hydrogen-bond donors (Lipinski definition) is 3. The van der Waals surface area contributed by atoms with Crippen molar-refractivity contribution >= 4 is 22.9 Å². The molecule has 1 unspecified atom stereocenters. The first-order valence-electron chi connectivity index (χ1n) is 3.97. The van der Waals surface area contributed by atoms with Gasteiger partial charge in [-0.1, -0.05) is 5.16 Å². The zero-order valence-corrected chi connectivity index (χ0v) is 8.21. The van der Waals surface area contributed by atoms with Gasteiger partial charge in [-0.05, 0) is 18.4 Å². The van der Waals surface area contributed by atoms with Gasteiger partial charge in [0.2, 0.25) is 0 Å².